The second kappa shape index (κ2) is 7.70. The first kappa shape index (κ1) is 18.6. The van der Waals surface area contributed by atoms with Crippen molar-refractivity contribution in [2.24, 2.45) is 5.92 Å². The first-order valence-electron chi connectivity index (χ1n) is 8.08. The molecule has 6 heteroatoms. The summed E-state index contributed by atoms with van der Waals surface area (Å²) in [5.74, 6) is 0.432. The van der Waals surface area contributed by atoms with Crippen LogP contribution in [-0.2, 0) is 4.74 Å². The monoisotopic (exact) mass is 313 g/mol. The zero-order valence-electron chi connectivity index (χ0n) is 14.8. The van der Waals surface area contributed by atoms with Crippen molar-refractivity contribution in [3.63, 3.8) is 0 Å². The van der Waals surface area contributed by atoms with Crippen LogP contribution in [0, 0.1) is 5.92 Å². The van der Waals surface area contributed by atoms with E-state index in [9.17, 15) is 9.59 Å². The van der Waals surface area contributed by atoms with Gasteiger partial charge in [-0.2, -0.15) is 0 Å². The number of hydrogen-bond acceptors (Lipinski definition) is 3. The number of urea groups is 1. The van der Waals surface area contributed by atoms with Gasteiger partial charge in [0.05, 0.1) is 0 Å². The van der Waals surface area contributed by atoms with Crippen LogP contribution in [0.4, 0.5) is 9.59 Å². The van der Waals surface area contributed by atoms with Crippen LogP contribution in [0.25, 0.3) is 0 Å². The fourth-order valence-corrected chi connectivity index (χ4v) is 2.45. The molecule has 128 valence electrons. The average Bonchev–Trinajstić information content (AvgIpc) is 2.36. The Hall–Kier alpha value is -1.46. The summed E-state index contributed by atoms with van der Waals surface area (Å²) in [6, 6.07) is 0.105. The Morgan fingerprint density at radius 3 is 2.27 bits per heavy atom. The third-order valence-electron chi connectivity index (χ3n) is 3.56. The van der Waals surface area contributed by atoms with Gasteiger partial charge in [-0.3, -0.25) is 0 Å². The summed E-state index contributed by atoms with van der Waals surface area (Å²) in [5.41, 5.74) is -0.455. The van der Waals surface area contributed by atoms with Crippen molar-refractivity contribution < 1.29 is 14.3 Å². The number of carbonyl (C=O) groups excluding carboxylic acids is 2. The van der Waals surface area contributed by atoms with E-state index in [4.69, 9.17) is 4.74 Å². The summed E-state index contributed by atoms with van der Waals surface area (Å²) < 4.78 is 5.39. The molecule has 0 unspecified atom stereocenters. The Bertz CT molecular complexity index is 383. The van der Waals surface area contributed by atoms with Crippen molar-refractivity contribution in [1.29, 1.82) is 0 Å². The lowest BCUT2D eigenvalue weighted by Crippen LogP contribution is -2.46. The lowest BCUT2D eigenvalue weighted by Gasteiger charge is -2.35. The van der Waals surface area contributed by atoms with Crippen LogP contribution < -0.4 is 5.32 Å². The molecule has 22 heavy (non-hydrogen) atoms. The smallest absolute Gasteiger partial charge is 0.410 e. The summed E-state index contributed by atoms with van der Waals surface area (Å²) in [6.07, 6.45) is 1.56. The first-order valence-corrected chi connectivity index (χ1v) is 8.08. The molecule has 0 spiro atoms. The molecule has 3 amide bonds. The molecule has 1 N–H and O–H groups in total. The topological polar surface area (TPSA) is 61.9 Å². The van der Waals surface area contributed by atoms with Gasteiger partial charge in [-0.1, -0.05) is 0 Å². The van der Waals surface area contributed by atoms with Gasteiger partial charge in [0, 0.05) is 32.7 Å². The van der Waals surface area contributed by atoms with E-state index in [1.807, 2.05) is 41.7 Å². The number of ether oxygens (including phenoxy) is 1. The molecule has 0 aromatic rings. The standard InChI is InChI=1S/C16H31N3O3/c1-12(2)17-14(20)18(6)11-13-7-9-19(10-8-13)15(21)22-16(3,4)5/h12-13H,7-11H2,1-6H3,(H,17,20). The van der Waals surface area contributed by atoms with Crippen molar-refractivity contribution in [3.8, 4) is 0 Å². The summed E-state index contributed by atoms with van der Waals surface area (Å²) in [6.45, 7) is 11.6. The normalized spacial score (nSPS) is 16.6. The predicted octanol–water partition coefficient (Wildman–Crippen LogP) is 2.68. The Labute approximate surface area is 134 Å². The maximum absolute atomic E-state index is 12.0. The number of amides is 3. The van der Waals surface area contributed by atoms with Gasteiger partial charge < -0.3 is 19.9 Å². The number of likely N-dealkylation sites (tertiary alicyclic amines) is 1. The van der Waals surface area contributed by atoms with Gasteiger partial charge in [0.1, 0.15) is 5.60 Å². The molecule has 0 aliphatic carbocycles. The Kier molecular flexibility index (Phi) is 6.50. The third-order valence-corrected chi connectivity index (χ3v) is 3.56. The van der Waals surface area contributed by atoms with E-state index in [2.05, 4.69) is 5.32 Å². The van der Waals surface area contributed by atoms with Gasteiger partial charge >= 0.3 is 12.1 Å². The molecule has 0 saturated carbocycles. The number of nitrogens with one attached hydrogen (secondary N) is 1. The highest BCUT2D eigenvalue weighted by Gasteiger charge is 2.27. The summed E-state index contributed by atoms with van der Waals surface area (Å²) in [4.78, 5) is 27.4. The molecule has 0 aromatic carbocycles. The number of hydrogen-bond donors (Lipinski definition) is 1. The second-order valence-corrected chi connectivity index (χ2v) is 7.40. The van der Waals surface area contributed by atoms with E-state index in [1.54, 1.807) is 9.80 Å². The first-order chi connectivity index (χ1) is 10.1. The molecule has 1 aliphatic heterocycles. The van der Waals surface area contributed by atoms with Crippen molar-refractivity contribution in [2.75, 3.05) is 26.7 Å². The quantitative estimate of drug-likeness (QED) is 0.871. The van der Waals surface area contributed by atoms with Gasteiger partial charge in [-0.05, 0) is 53.4 Å². The summed E-state index contributed by atoms with van der Waals surface area (Å²) in [5, 5.41) is 2.89. The molecular weight excluding hydrogens is 282 g/mol. The minimum absolute atomic E-state index is 0.0374. The van der Waals surface area contributed by atoms with Gasteiger partial charge in [0.25, 0.3) is 0 Å². The molecule has 1 saturated heterocycles. The van der Waals surface area contributed by atoms with Crippen molar-refractivity contribution in [2.45, 2.75) is 59.1 Å². The van der Waals surface area contributed by atoms with Gasteiger partial charge in [-0.15, -0.1) is 0 Å². The van der Waals surface area contributed by atoms with E-state index in [-0.39, 0.29) is 18.2 Å². The number of carbonyl (C=O) groups is 2. The highest BCUT2D eigenvalue weighted by Crippen LogP contribution is 2.20. The molecule has 6 nitrogen and oxygen atoms in total. The molecule has 1 heterocycles. The largest absolute Gasteiger partial charge is 0.444 e. The van der Waals surface area contributed by atoms with Crippen LogP contribution >= 0.6 is 0 Å². The molecular formula is C16H31N3O3. The zero-order chi connectivity index (χ0) is 16.9. The van der Waals surface area contributed by atoms with E-state index >= 15 is 0 Å². The number of nitrogens with zero attached hydrogens (tertiary/aromatic N) is 2. The zero-order valence-corrected chi connectivity index (χ0v) is 14.8. The van der Waals surface area contributed by atoms with Crippen LogP contribution in [-0.4, -0.2) is 60.2 Å². The fourth-order valence-electron chi connectivity index (χ4n) is 2.45. The molecule has 1 rings (SSSR count). The van der Waals surface area contributed by atoms with Crippen LogP contribution in [0.3, 0.4) is 0 Å². The third kappa shape index (κ3) is 6.54. The van der Waals surface area contributed by atoms with Gasteiger partial charge in [0.2, 0.25) is 0 Å². The fraction of sp³-hybridized carbons (Fsp3) is 0.875. The van der Waals surface area contributed by atoms with Crippen LogP contribution in [0.2, 0.25) is 0 Å². The summed E-state index contributed by atoms with van der Waals surface area (Å²) in [7, 11) is 1.82. The van der Waals surface area contributed by atoms with Crippen molar-refractivity contribution in [1.82, 2.24) is 15.1 Å². The van der Waals surface area contributed by atoms with Crippen LogP contribution in [0.15, 0.2) is 0 Å². The molecule has 1 fully saturated rings. The second-order valence-electron chi connectivity index (χ2n) is 7.40. The number of piperidine rings is 1. The molecule has 0 atom stereocenters. The van der Waals surface area contributed by atoms with Crippen molar-refractivity contribution >= 4 is 12.1 Å². The van der Waals surface area contributed by atoms with E-state index in [0.717, 1.165) is 19.4 Å². The highest BCUT2D eigenvalue weighted by atomic mass is 16.6. The lowest BCUT2D eigenvalue weighted by molar-refractivity contribution is 0.0176. The molecule has 0 radical (unpaired) electrons. The van der Waals surface area contributed by atoms with Crippen molar-refractivity contribution in [3.05, 3.63) is 0 Å². The Morgan fingerprint density at radius 2 is 1.82 bits per heavy atom. The number of rotatable bonds is 3. The van der Waals surface area contributed by atoms with E-state index in [1.165, 1.54) is 0 Å². The maximum atomic E-state index is 12.0. The maximum Gasteiger partial charge on any atom is 0.410 e. The van der Waals surface area contributed by atoms with E-state index < -0.39 is 5.60 Å². The Morgan fingerprint density at radius 1 is 1.27 bits per heavy atom. The van der Waals surface area contributed by atoms with Crippen LogP contribution in [0.5, 0.6) is 0 Å². The minimum atomic E-state index is -0.455. The predicted molar refractivity (Wildman–Crippen MR) is 86.8 cm³/mol. The molecule has 0 bridgehead atoms. The SMILES string of the molecule is CC(C)NC(=O)N(C)CC1CCN(C(=O)OC(C)(C)C)CC1. The van der Waals surface area contributed by atoms with Gasteiger partial charge in [0.15, 0.2) is 0 Å². The minimum Gasteiger partial charge on any atom is -0.444 e. The average molecular weight is 313 g/mol. The molecule has 1 aliphatic rings. The van der Waals surface area contributed by atoms with Gasteiger partial charge in [-0.25, -0.2) is 9.59 Å². The lowest BCUT2D eigenvalue weighted by atomic mass is 9.96. The summed E-state index contributed by atoms with van der Waals surface area (Å²) >= 11 is 0. The van der Waals surface area contributed by atoms with Crippen LogP contribution in [0.1, 0.15) is 47.5 Å². The molecule has 0 aromatic heterocycles. The highest BCUT2D eigenvalue weighted by molar-refractivity contribution is 5.74. The van der Waals surface area contributed by atoms with E-state index in [0.29, 0.717) is 19.0 Å². The Balaban J connectivity index is 2.36.